The largest absolute Gasteiger partial charge is 0.494 e. The van der Waals surface area contributed by atoms with Crippen LogP contribution in [0, 0.1) is 0 Å². The summed E-state index contributed by atoms with van der Waals surface area (Å²) in [6.07, 6.45) is -1.67. The van der Waals surface area contributed by atoms with E-state index in [4.69, 9.17) is 14.2 Å². The van der Waals surface area contributed by atoms with Crippen LogP contribution in [0.25, 0.3) is 0 Å². The van der Waals surface area contributed by atoms with Gasteiger partial charge in [-0.15, -0.1) is 0 Å². The van der Waals surface area contributed by atoms with Gasteiger partial charge < -0.3 is 45.5 Å². The van der Waals surface area contributed by atoms with Gasteiger partial charge in [-0.25, -0.2) is 4.79 Å². The second-order valence-corrected chi connectivity index (χ2v) is 11.4. The average molecular weight is 719 g/mol. The van der Waals surface area contributed by atoms with Gasteiger partial charge in [0.2, 0.25) is 11.9 Å². The number of alkyl halides is 3. The van der Waals surface area contributed by atoms with E-state index in [1.165, 1.54) is 32.3 Å². The number of ether oxygens (including phenoxy) is 3. The molecule has 0 saturated heterocycles. The van der Waals surface area contributed by atoms with E-state index in [-0.39, 0.29) is 42.0 Å². The van der Waals surface area contributed by atoms with Crippen molar-refractivity contribution < 1.29 is 51.7 Å². The van der Waals surface area contributed by atoms with Crippen LogP contribution in [0.3, 0.4) is 0 Å². The number of amides is 3. The molecule has 3 aromatic rings. The summed E-state index contributed by atoms with van der Waals surface area (Å²) in [5, 5.41) is 20.0. The third-order valence-electron chi connectivity index (χ3n) is 7.07. The summed E-state index contributed by atoms with van der Waals surface area (Å²) >= 11 is 0. The van der Waals surface area contributed by atoms with Crippen molar-refractivity contribution in [2.75, 3.05) is 51.1 Å². The summed E-state index contributed by atoms with van der Waals surface area (Å²) in [4.78, 5) is 62.3. The van der Waals surface area contributed by atoms with Gasteiger partial charge in [0, 0.05) is 38.9 Å². The van der Waals surface area contributed by atoms with E-state index >= 15 is 0 Å². The number of nitrogens with zero attached hydrogens (tertiary/aromatic N) is 4. The van der Waals surface area contributed by atoms with E-state index in [2.05, 4.69) is 36.2 Å². The monoisotopic (exact) mass is 718 g/mol. The fourth-order valence-corrected chi connectivity index (χ4v) is 4.46. The van der Waals surface area contributed by atoms with E-state index < -0.39 is 55.1 Å². The predicted molar refractivity (Wildman–Crippen MR) is 175 cm³/mol. The lowest BCUT2D eigenvalue weighted by Gasteiger charge is -2.18. The summed E-state index contributed by atoms with van der Waals surface area (Å²) in [5.41, 5.74) is 1.00. The minimum absolute atomic E-state index is 0.0326. The molecule has 16 nitrogen and oxygen atoms in total. The molecule has 0 fully saturated rings. The number of aliphatic carboxylic acids is 1. The lowest BCUT2D eigenvalue weighted by Crippen LogP contribution is -2.50. The van der Waals surface area contributed by atoms with Crippen LogP contribution in [-0.2, 0) is 20.9 Å². The lowest BCUT2D eigenvalue weighted by atomic mass is 10.1. The second kappa shape index (κ2) is 17.7. The molecule has 3 heterocycles. The average Bonchev–Trinajstić information content (AvgIpc) is 3.08. The van der Waals surface area contributed by atoms with Gasteiger partial charge in [-0.2, -0.15) is 28.1 Å². The van der Waals surface area contributed by atoms with E-state index in [1.807, 2.05) is 12.1 Å². The molecule has 1 aromatic heterocycles. The quantitative estimate of drug-likeness (QED) is 0.223. The van der Waals surface area contributed by atoms with Gasteiger partial charge >= 0.3 is 30.0 Å². The Kier molecular flexibility index (Phi) is 13.1. The highest BCUT2D eigenvalue weighted by atomic mass is 19.4. The second-order valence-electron chi connectivity index (χ2n) is 11.4. The summed E-state index contributed by atoms with van der Waals surface area (Å²) in [7, 11) is 2.70. The van der Waals surface area contributed by atoms with Gasteiger partial charge in [0.1, 0.15) is 17.5 Å². The van der Waals surface area contributed by atoms with Crippen molar-refractivity contribution in [1.82, 2.24) is 30.5 Å². The molecule has 5 rings (SSSR count). The third-order valence-corrected chi connectivity index (χ3v) is 7.07. The fraction of sp³-hybridized carbons (Fsp3) is 0.406. The van der Waals surface area contributed by atoms with Crippen LogP contribution >= 0.6 is 0 Å². The van der Waals surface area contributed by atoms with Crippen molar-refractivity contribution in [3.63, 3.8) is 0 Å². The van der Waals surface area contributed by atoms with Crippen molar-refractivity contribution >= 4 is 41.3 Å². The maximum Gasteiger partial charge on any atom is 0.422 e. The minimum Gasteiger partial charge on any atom is -0.494 e. The highest BCUT2D eigenvalue weighted by molar-refractivity contribution is 6.34. The number of rotatable bonds is 7. The van der Waals surface area contributed by atoms with Crippen LogP contribution in [0.2, 0.25) is 0 Å². The first-order valence-electron chi connectivity index (χ1n) is 15.8. The number of fused-ring (bicyclic) bond motifs is 10. The number of nitrogens with one attached hydrogen (secondary N) is 4. The zero-order valence-corrected chi connectivity index (χ0v) is 27.7. The minimum atomic E-state index is -4.66. The molecule has 274 valence electrons. The summed E-state index contributed by atoms with van der Waals surface area (Å²) in [6, 6.07) is 9.18. The zero-order valence-electron chi connectivity index (χ0n) is 27.7. The molecule has 6 bridgehead atoms. The molecule has 0 spiro atoms. The Morgan fingerprint density at radius 3 is 2.31 bits per heavy atom. The molecule has 2 aliphatic rings. The Labute approximate surface area is 290 Å². The Balaban J connectivity index is 1.60. The molecule has 19 heteroatoms. The van der Waals surface area contributed by atoms with Gasteiger partial charge in [-0.3, -0.25) is 14.4 Å². The number of anilines is 3. The number of carbonyl (C=O) groups is 4. The molecule has 1 atom stereocenters. The van der Waals surface area contributed by atoms with Crippen molar-refractivity contribution in [2.45, 2.75) is 44.4 Å². The summed E-state index contributed by atoms with van der Waals surface area (Å²) in [5.74, 6) is -3.89. The van der Waals surface area contributed by atoms with Crippen LogP contribution < -0.4 is 35.5 Å². The first-order chi connectivity index (χ1) is 24.3. The number of benzene rings is 2. The third kappa shape index (κ3) is 12.2. The van der Waals surface area contributed by atoms with Crippen molar-refractivity contribution in [1.29, 1.82) is 0 Å². The van der Waals surface area contributed by atoms with Gasteiger partial charge in [0.05, 0.1) is 18.8 Å². The van der Waals surface area contributed by atoms with Crippen LogP contribution in [0.15, 0.2) is 42.5 Å². The van der Waals surface area contributed by atoms with Gasteiger partial charge in [0.25, 0.3) is 5.91 Å². The van der Waals surface area contributed by atoms with Gasteiger partial charge in [-0.1, -0.05) is 12.1 Å². The Hall–Kier alpha value is -5.88. The first kappa shape index (κ1) is 37.9. The Bertz CT molecular complexity index is 1690. The van der Waals surface area contributed by atoms with Crippen LogP contribution in [-0.4, -0.2) is 101 Å². The van der Waals surface area contributed by atoms with Crippen molar-refractivity contribution in [3.05, 3.63) is 53.6 Å². The SMILES string of the molecule is CN(C)C(=O)C(=O)NC[C@H](NC(=O)c1ccc2cc1OCCCCCCOc1ccc(cc1)CNc1nc(nc(OCC(F)(F)F)n1)N2)C(=O)O. The number of aromatic nitrogens is 3. The molecule has 0 aliphatic carbocycles. The molecule has 0 unspecified atom stereocenters. The number of hydrogen-bond acceptors (Lipinski definition) is 12. The fourth-order valence-electron chi connectivity index (χ4n) is 4.46. The molecule has 51 heavy (non-hydrogen) atoms. The summed E-state index contributed by atoms with van der Waals surface area (Å²) < 4.78 is 55.4. The van der Waals surface area contributed by atoms with E-state index in [1.54, 1.807) is 12.1 Å². The highest BCUT2D eigenvalue weighted by Gasteiger charge is 2.29. The highest BCUT2D eigenvalue weighted by Crippen LogP contribution is 2.27. The number of hydrogen-bond donors (Lipinski definition) is 5. The maximum atomic E-state index is 13.3. The predicted octanol–water partition coefficient (Wildman–Crippen LogP) is 2.89. The smallest absolute Gasteiger partial charge is 0.422 e. The lowest BCUT2D eigenvalue weighted by molar-refractivity contribution is -0.154. The molecule has 5 N–H and O–H groups in total. The van der Waals surface area contributed by atoms with E-state index in [0.717, 1.165) is 29.7 Å². The number of likely N-dealkylation sites (N-methyl/N-ethyl adjacent to an activating group) is 1. The van der Waals surface area contributed by atoms with E-state index in [9.17, 15) is 37.5 Å². The molecule has 2 aliphatic heterocycles. The summed E-state index contributed by atoms with van der Waals surface area (Å²) in [6.45, 7) is -1.37. The number of carboxylic acids is 1. The topological polar surface area (TPSA) is 206 Å². The molecule has 3 amide bonds. The molecular formula is C32H37F3N8O8. The molecule has 0 saturated carbocycles. The van der Waals surface area contributed by atoms with Crippen LogP contribution in [0.4, 0.5) is 30.8 Å². The molecule has 0 radical (unpaired) electrons. The first-order valence-corrected chi connectivity index (χ1v) is 15.8. The van der Waals surface area contributed by atoms with Gasteiger partial charge in [-0.05, 0) is 55.5 Å². The van der Waals surface area contributed by atoms with Crippen LogP contribution in [0.1, 0.15) is 41.6 Å². The number of halogens is 3. The Morgan fingerprint density at radius 2 is 1.65 bits per heavy atom. The van der Waals surface area contributed by atoms with Gasteiger partial charge in [0.15, 0.2) is 6.61 Å². The van der Waals surface area contributed by atoms with E-state index in [0.29, 0.717) is 18.8 Å². The number of carbonyl (C=O) groups excluding carboxylic acids is 3. The normalized spacial score (nSPS) is 14.1. The molecular weight excluding hydrogens is 681 g/mol. The number of carboxylic acid groups (broad SMARTS) is 1. The maximum absolute atomic E-state index is 13.3. The molecule has 2 aromatic carbocycles. The standard InChI is InChI=1S/C32H37F3N8O8/c1-43(2)27(46)26(45)36-17-23(28(47)48)39-25(44)22-12-9-20-15-24(22)50-14-6-4-3-5-13-49-21-10-7-19(8-11-21)16-37-29-40-30(38-20)42-31(41-29)51-18-32(33,34)35/h7-12,15,23H,3-6,13-14,16-18H2,1-2H3,(H,36,45)(H,39,44)(H,47,48)(H2,37,38,40,41,42)/t23-/m0/s1. The van der Waals surface area contributed by atoms with Crippen molar-refractivity contribution in [2.24, 2.45) is 0 Å². The van der Waals surface area contributed by atoms with Crippen molar-refractivity contribution in [3.8, 4) is 17.5 Å². The Morgan fingerprint density at radius 1 is 0.961 bits per heavy atom. The van der Waals surface area contributed by atoms with Crippen LogP contribution in [0.5, 0.6) is 17.5 Å². The zero-order chi connectivity index (χ0) is 37.0.